The molecule has 1 amide bonds. The third kappa shape index (κ3) is 3.35. The average molecular weight is 281 g/mol. The van der Waals surface area contributed by atoms with Crippen LogP contribution in [0, 0.1) is 11.2 Å². The molecule has 0 aliphatic carbocycles. The molecule has 5 heteroatoms. The molecule has 0 aromatic heterocycles. The van der Waals surface area contributed by atoms with Gasteiger partial charge in [0.1, 0.15) is 5.82 Å². The van der Waals surface area contributed by atoms with E-state index in [4.69, 9.17) is 5.11 Å². The first-order valence-corrected chi connectivity index (χ1v) is 6.29. The Morgan fingerprint density at radius 2 is 1.80 bits per heavy atom. The molecule has 20 heavy (non-hydrogen) atoms. The predicted octanol–water partition coefficient (Wildman–Crippen LogP) is 2.74. The van der Waals surface area contributed by atoms with E-state index in [1.165, 1.54) is 17.0 Å². The number of likely N-dealkylation sites (N-methyl/N-ethyl adjacent to an activating group) is 1. The summed E-state index contributed by atoms with van der Waals surface area (Å²) in [6.45, 7) is 5.55. The summed E-state index contributed by atoms with van der Waals surface area (Å²) in [5.74, 6) is -2.73. The van der Waals surface area contributed by atoms with Gasteiger partial charge in [0.2, 0.25) is 5.91 Å². The number of carboxylic acids is 1. The van der Waals surface area contributed by atoms with Crippen LogP contribution in [0.1, 0.15) is 42.6 Å². The van der Waals surface area contributed by atoms with Gasteiger partial charge >= 0.3 is 5.97 Å². The molecule has 0 aliphatic rings. The molecular formula is C15H20FNO3. The fourth-order valence-electron chi connectivity index (χ4n) is 2.12. The predicted molar refractivity (Wildman–Crippen MR) is 74.2 cm³/mol. The van der Waals surface area contributed by atoms with Gasteiger partial charge in [-0.3, -0.25) is 4.79 Å². The number of carboxylic acid groups (broad SMARTS) is 1. The van der Waals surface area contributed by atoms with Crippen LogP contribution in [-0.4, -0.2) is 36.0 Å². The number of carbonyl (C=O) groups excluding carboxylic acids is 1. The van der Waals surface area contributed by atoms with E-state index in [1.54, 1.807) is 14.1 Å². The van der Waals surface area contributed by atoms with Crippen molar-refractivity contribution in [2.24, 2.45) is 5.41 Å². The second-order valence-corrected chi connectivity index (χ2v) is 6.07. The molecule has 0 fully saturated rings. The number of carbonyl (C=O) groups is 2. The van der Waals surface area contributed by atoms with Crippen molar-refractivity contribution in [1.29, 1.82) is 0 Å². The van der Waals surface area contributed by atoms with Crippen molar-refractivity contribution in [3.05, 3.63) is 35.1 Å². The lowest BCUT2D eigenvalue weighted by Crippen LogP contribution is -2.36. The van der Waals surface area contributed by atoms with E-state index in [2.05, 4.69) is 0 Å². The molecule has 0 heterocycles. The van der Waals surface area contributed by atoms with Gasteiger partial charge in [0, 0.05) is 19.7 Å². The van der Waals surface area contributed by atoms with E-state index in [-0.39, 0.29) is 17.0 Å². The summed E-state index contributed by atoms with van der Waals surface area (Å²) in [5.41, 5.74) is -0.384. The highest BCUT2D eigenvalue weighted by Gasteiger charge is 2.35. The summed E-state index contributed by atoms with van der Waals surface area (Å²) in [6.07, 6.45) is 0. The van der Waals surface area contributed by atoms with Crippen LogP contribution in [0.3, 0.4) is 0 Å². The maximum absolute atomic E-state index is 14.2. The zero-order valence-corrected chi connectivity index (χ0v) is 12.4. The molecule has 1 atom stereocenters. The summed E-state index contributed by atoms with van der Waals surface area (Å²) in [5, 5.41) is 8.85. The minimum atomic E-state index is -1.19. The van der Waals surface area contributed by atoms with Crippen LogP contribution in [0.25, 0.3) is 0 Å². The van der Waals surface area contributed by atoms with E-state index in [1.807, 2.05) is 20.8 Å². The minimum Gasteiger partial charge on any atom is -0.478 e. The Hall–Kier alpha value is -1.91. The first-order valence-electron chi connectivity index (χ1n) is 6.29. The zero-order chi connectivity index (χ0) is 15.7. The molecule has 4 nitrogen and oxygen atoms in total. The van der Waals surface area contributed by atoms with Crippen LogP contribution >= 0.6 is 0 Å². The third-order valence-electron chi connectivity index (χ3n) is 3.11. The van der Waals surface area contributed by atoms with E-state index in [0.29, 0.717) is 0 Å². The van der Waals surface area contributed by atoms with Crippen LogP contribution in [-0.2, 0) is 4.79 Å². The Labute approximate surface area is 118 Å². The fraction of sp³-hybridized carbons (Fsp3) is 0.467. The number of hydrogen-bond donors (Lipinski definition) is 1. The molecular weight excluding hydrogens is 261 g/mol. The van der Waals surface area contributed by atoms with Gasteiger partial charge in [-0.1, -0.05) is 26.8 Å². The molecule has 0 saturated carbocycles. The van der Waals surface area contributed by atoms with Crippen molar-refractivity contribution in [2.45, 2.75) is 26.7 Å². The standard InChI is InChI=1S/C15H20FNO3/c1-15(2,3)12(13(18)17(4)5)10-7-6-9(14(19)20)8-11(10)16/h6-8,12H,1-5H3,(H,19,20). The molecule has 110 valence electrons. The number of rotatable bonds is 3. The van der Waals surface area contributed by atoms with E-state index >= 15 is 0 Å². The molecule has 0 aliphatic heterocycles. The van der Waals surface area contributed by atoms with Crippen LogP contribution in [0.4, 0.5) is 4.39 Å². The van der Waals surface area contributed by atoms with Crippen molar-refractivity contribution < 1.29 is 19.1 Å². The van der Waals surface area contributed by atoms with Crippen LogP contribution in [0.5, 0.6) is 0 Å². The highest BCUT2D eigenvalue weighted by Crippen LogP contribution is 2.37. The van der Waals surface area contributed by atoms with Gasteiger partial charge in [-0.15, -0.1) is 0 Å². The van der Waals surface area contributed by atoms with Gasteiger partial charge in [-0.25, -0.2) is 9.18 Å². The first-order chi connectivity index (χ1) is 9.05. The number of amides is 1. The van der Waals surface area contributed by atoms with Crippen molar-refractivity contribution in [1.82, 2.24) is 4.90 Å². The summed E-state index contributed by atoms with van der Waals surface area (Å²) in [4.78, 5) is 24.6. The van der Waals surface area contributed by atoms with Crippen LogP contribution < -0.4 is 0 Å². The highest BCUT2D eigenvalue weighted by atomic mass is 19.1. The summed E-state index contributed by atoms with van der Waals surface area (Å²) < 4.78 is 14.2. The van der Waals surface area contributed by atoms with Crippen molar-refractivity contribution in [3.8, 4) is 0 Å². The largest absolute Gasteiger partial charge is 0.478 e. The second kappa shape index (κ2) is 5.61. The van der Waals surface area contributed by atoms with E-state index in [0.717, 1.165) is 6.07 Å². The number of hydrogen-bond acceptors (Lipinski definition) is 2. The quantitative estimate of drug-likeness (QED) is 0.926. The number of halogens is 1. The third-order valence-corrected chi connectivity index (χ3v) is 3.11. The molecule has 1 N–H and O–H groups in total. The number of aromatic carboxylic acids is 1. The van der Waals surface area contributed by atoms with Crippen LogP contribution in [0.15, 0.2) is 18.2 Å². The Morgan fingerprint density at radius 1 is 1.25 bits per heavy atom. The first kappa shape index (κ1) is 16.1. The maximum atomic E-state index is 14.2. The molecule has 0 saturated heterocycles. The summed E-state index contributed by atoms with van der Waals surface area (Å²) in [6, 6.07) is 3.66. The molecule has 1 aromatic rings. The zero-order valence-electron chi connectivity index (χ0n) is 12.4. The Bertz CT molecular complexity index is 532. The van der Waals surface area contributed by atoms with Gasteiger partial charge in [-0.05, 0) is 17.5 Å². The molecule has 0 radical (unpaired) electrons. The second-order valence-electron chi connectivity index (χ2n) is 6.07. The number of nitrogens with zero attached hydrogens (tertiary/aromatic N) is 1. The normalized spacial score (nSPS) is 12.9. The van der Waals surface area contributed by atoms with Crippen LogP contribution in [0.2, 0.25) is 0 Å². The molecule has 1 rings (SSSR count). The lowest BCUT2D eigenvalue weighted by Gasteiger charge is -2.32. The lowest BCUT2D eigenvalue weighted by molar-refractivity contribution is -0.132. The molecule has 0 bridgehead atoms. The Kier molecular flexibility index (Phi) is 4.53. The summed E-state index contributed by atoms with van der Waals surface area (Å²) in [7, 11) is 3.23. The number of benzene rings is 1. The monoisotopic (exact) mass is 281 g/mol. The SMILES string of the molecule is CN(C)C(=O)C(c1ccc(C(=O)O)cc1F)C(C)(C)C. The Balaban J connectivity index is 3.36. The van der Waals surface area contributed by atoms with Crippen molar-refractivity contribution in [2.75, 3.05) is 14.1 Å². The van der Waals surface area contributed by atoms with Gasteiger partial charge in [0.25, 0.3) is 0 Å². The van der Waals surface area contributed by atoms with Crippen molar-refractivity contribution >= 4 is 11.9 Å². The Morgan fingerprint density at radius 3 is 2.15 bits per heavy atom. The van der Waals surface area contributed by atoms with Gasteiger partial charge in [0.15, 0.2) is 0 Å². The van der Waals surface area contributed by atoms with E-state index in [9.17, 15) is 14.0 Å². The summed E-state index contributed by atoms with van der Waals surface area (Å²) >= 11 is 0. The molecule has 1 aromatic carbocycles. The highest BCUT2D eigenvalue weighted by molar-refractivity contribution is 5.88. The van der Waals surface area contributed by atoms with E-state index < -0.39 is 23.1 Å². The van der Waals surface area contributed by atoms with Gasteiger partial charge < -0.3 is 10.0 Å². The molecule has 1 unspecified atom stereocenters. The minimum absolute atomic E-state index is 0.129. The maximum Gasteiger partial charge on any atom is 0.335 e. The average Bonchev–Trinajstić information content (AvgIpc) is 2.29. The van der Waals surface area contributed by atoms with Gasteiger partial charge in [-0.2, -0.15) is 0 Å². The van der Waals surface area contributed by atoms with Gasteiger partial charge in [0.05, 0.1) is 11.5 Å². The van der Waals surface area contributed by atoms with Crippen molar-refractivity contribution in [3.63, 3.8) is 0 Å². The molecule has 0 spiro atoms. The lowest BCUT2D eigenvalue weighted by atomic mass is 9.75. The topological polar surface area (TPSA) is 57.6 Å². The fourth-order valence-corrected chi connectivity index (χ4v) is 2.12. The smallest absolute Gasteiger partial charge is 0.335 e.